The monoisotopic (exact) mass is 613 g/mol. The summed E-state index contributed by atoms with van der Waals surface area (Å²) in [5, 5.41) is 3.45. The normalized spacial score (nSPS) is 20.1. The number of rotatable bonds is 5. The first-order valence-electron chi connectivity index (χ1n) is 14.0. The minimum atomic E-state index is -4.09. The zero-order valence-corrected chi connectivity index (χ0v) is 24.4. The Kier molecular flexibility index (Phi) is 7.57. The highest BCUT2D eigenvalue weighted by Crippen LogP contribution is 2.42. The van der Waals surface area contributed by atoms with Crippen molar-refractivity contribution in [1.82, 2.24) is 14.5 Å². The van der Waals surface area contributed by atoms with Crippen LogP contribution in [0.4, 0.5) is 8.78 Å². The van der Waals surface area contributed by atoms with Crippen molar-refractivity contribution in [2.75, 3.05) is 26.2 Å². The van der Waals surface area contributed by atoms with E-state index < -0.39 is 26.6 Å². The van der Waals surface area contributed by atoms with Crippen LogP contribution in [0.15, 0.2) is 65.6 Å². The number of amides is 2. The quantitative estimate of drug-likeness (QED) is 0.420. The summed E-state index contributed by atoms with van der Waals surface area (Å²) in [4.78, 5) is 27.8. The lowest BCUT2D eigenvalue weighted by Gasteiger charge is -2.38. The molecule has 3 aromatic carbocycles. The molecule has 1 spiro atoms. The van der Waals surface area contributed by atoms with Crippen molar-refractivity contribution in [3.63, 3.8) is 0 Å². The molecule has 2 saturated heterocycles. The molecule has 0 aromatic heterocycles. The number of hydrogen-bond donors (Lipinski definition) is 1. The van der Waals surface area contributed by atoms with Crippen LogP contribution in [0.2, 0.25) is 5.02 Å². The number of halogens is 3. The van der Waals surface area contributed by atoms with Crippen LogP contribution in [0.3, 0.4) is 0 Å². The number of fused-ring (bicyclic) bond motifs is 1. The average molecular weight is 614 g/mol. The Morgan fingerprint density at radius 2 is 1.69 bits per heavy atom. The summed E-state index contributed by atoms with van der Waals surface area (Å²) in [6, 6.07) is 14.8. The zero-order chi connectivity index (χ0) is 29.6. The van der Waals surface area contributed by atoms with Crippen LogP contribution in [0.25, 0.3) is 0 Å². The smallest absolute Gasteiger partial charge is 0.253 e. The maximum absolute atomic E-state index is 14.2. The topological polar surface area (TPSA) is 86.8 Å². The molecule has 1 aliphatic carbocycles. The molecule has 1 N–H and O–H groups in total. The second-order valence-electron chi connectivity index (χ2n) is 11.4. The summed E-state index contributed by atoms with van der Waals surface area (Å²) >= 11 is 6.20. The van der Waals surface area contributed by atoms with Crippen LogP contribution >= 0.6 is 11.6 Å². The molecule has 7 nitrogen and oxygen atoms in total. The largest absolute Gasteiger partial charge is 0.345 e. The van der Waals surface area contributed by atoms with Gasteiger partial charge in [-0.25, -0.2) is 17.2 Å². The lowest BCUT2D eigenvalue weighted by Crippen LogP contribution is -2.44. The number of aryl methyl sites for hydroxylation is 1. The van der Waals surface area contributed by atoms with Gasteiger partial charge in [0.05, 0.1) is 16.6 Å². The molecule has 3 aliphatic rings. The van der Waals surface area contributed by atoms with E-state index in [4.69, 9.17) is 11.6 Å². The van der Waals surface area contributed by atoms with Gasteiger partial charge in [0.1, 0.15) is 16.5 Å². The van der Waals surface area contributed by atoms with Crippen molar-refractivity contribution in [3.8, 4) is 0 Å². The molecular formula is C31H30ClF2N3O4S. The third-order valence-electron chi connectivity index (χ3n) is 8.91. The fraction of sp³-hybridized carbons (Fsp3) is 0.355. The van der Waals surface area contributed by atoms with Gasteiger partial charge in [-0.1, -0.05) is 29.8 Å². The van der Waals surface area contributed by atoms with Gasteiger partial charge < -0.3 is 10.2 Å². The van der Waals surface area contributed by atoms with Gasteiger partial charge in [0.25, 0.3) is 11.8 Å². The van der Waals surface area contributed by atoms with Crippen molar-refractivity contribution < 1.29 is 26.8 Å². The highest BCUT2D eigenvalue weighted by Gasteiger charge is 2.44. The maximum Gasteiger partial charge on any atom is 0.253 e. The Morgan fingerprint density at radius 3 is 2.43 bits per heavy atom. The maximum atomic E-state index is 14.2. The van der Waals surface area contributed by atoms with Gasteiger partial charge in [0.15, 0.2) is 0 Å². The zero-order valence-electron chi connectivity index (χ0n) is 22.8. The molecule has 0 saturated carbocycles. The summed E-state index contributed by atoms with van der Waals surface area (Å²) < 4.78 is 54.9. The van der Waals surface area contributed by atoms with E-state index in [0.717, 1.165) is 42.5 Å². The number of carbonyl (C=O) groups excluding carboxylic acids is 2. The molecule has 0 radical (unpaired) electrons. The highest BCUT2D eigenvalue weighted by atomic mass is 35.5. The average Bonchev–Trinajstić information content (AvgIpc) is 3.56. The number of nitrogens with one attached hydrogen (secondary N) is 1. The molecular weight excluding hydrogens is 584 g/mol. The number of benzene rings is 3. The van der Waals surface area contributed by atoms with Gasteiger partial charge in [0, 0.05) is 37.8 Å². The van der Waals surface area contributed by atoms with Crippen LogP contribution in [-0.2, 0) is 16.4 Å². The van der Waals surface area contributed by atoms with Gasteiger partial charge >= 0.3 is 0 Å². The molecule has 220 valence electrons. The van der Waals surface area contributed by atoms with Gasteiger partial charge in [-0.15, -0.1) is 0 Å². The lowest BCUT2D eigenvalue weighted by molar-refractivity contribution is 0.0750. The number of likely N-dealkylation sites (tertiary alicyclic amines) is 1. The Hall–Kier alpha value is -3.34. The van der Waals surface area contributed by atoms with Gasteiger partial charge in [-0.3, -0.25) is 9.59 Å². The molecule has 1 atom stereocenters. The van der Waals surface area contributed by atoms with Crippen LogP contribution in [0.5, 0.6) is 0 Å². The molecule has 2 heterocycles. The number of piperidine rings is 1. The molecule has 6 rings (SSSR count). The molecule has 0 bridgehead atoms. The summed E-state index contributed by atoms with van der Waals surface area (Å²) in [6.07, 6.45) is 3.36. The Labute approximate surface area is 248 Å². The molecule has 3 aromatic rings. The van der Waals surface area contributed by atoms with E-state index >= 15 is 0 Å². The first-order valence-corrected chi connectivity index (χ1v) is 15.8. The van der Waals surface area contributed by atoms with Crippen LogP contribution in [0.1, 0.15) is 63.6 Å². The second kappa shape index (κ2) is 11.1. The van der Waals surface area contributed by atoms with Crippen molar-refractivity contribution in [2.24, 2.45) is 5.41 Å². The van der Waals surface area contributed by atoms with Crippen molar-refractivity contribution in [3.05, 3.63) is 99.6 Å². The van der Waals surface area contributed by atoms with Crippen molar-refractivity contribution >= 4 is 33.4 Å². The summed E-state index contributed by atoms with van der Waals surface area (Å²) in [7, 11) is -4.09. The number of carbonyl (C=O) groups is 2. The van der Waals surface area contributed by atoms with E-state index in [1.165, 1.54) is 4.31 Å². The Balaban J connectivity index is 1.11. The van der Waals surface area contributed by atoms with Crippen LogP contribution in [-0.4, -0.2) is 55.6 Å². The first kappa shape index (κ1) is 28.8. The van der Waals surface area contributed by atoms with Gasteiger partial charge in [-0.05, 0) is 85.0 Å². The van der Waals surface area contributed by atoms with E-state index in [-0.39, 0.29) is 36.4 Å². The Bertz CT molecular complexity index is 1670. The van der Waals surface area contributed by atoms with E-state index in [2.05, 4.69) is 5.32 Å². The first-order chi connectivity index (χ1) is 20.1. The predicted octanol–water partition coefficient (Wildman–Crippen LogP) is 5.35. The highest BCUT2D eigenvalue weighted by molar-refractivity contribution is 7.89. The number of hydrogen-bond acceptors (Lipinski definition) is 4. The van der Waals surface area contributed by atoms with Gasteiger partial charge in [0.2, 0.25) is 10.0 Å². The SMILES string of the molecule is O=C(NC1CCc2ccc(C(=O)N3CCC4(CCN(S(=O)(=O)c5ccc(F)cc5F)CC4)C3)cc21)c1ccccc1Cl. The van der Waals surface area contributed by atoms with E-state index in [1.54, 1.807) is 24.3 Å². The molecule has 11 heteroatoms. The molecule has 1 unspecified atom stereocenters. The minimum Gasteiger partial charge on any atom is -0.345 e. The third kappa shape index (κ3) is 5.31. The van der Waals surface area contributed by atoms with Crippen molar-refractivity contribution in [1.29, 1.82) is 0 Å². The third-order valence-corrected chi connectivity index (χ3v) is 11.2. The minimum absolute atomic E-state index is 0.0961. The van der Waals surface area contributed by atoms with Crippen molar-refractivity contribution in [2.45, 2.75) is 43.0 Å². The van der Waals surface area contributed by atoms with E-state index in [0.29, 0.717) is 48.1 Å². The van der Waals surface area contributed by atoms with E-state index in [9.17, 15) is 26.8 Å². The molecule has 2 fully saturated rings. The number of sulfonamides is 1. The van der Waals surface area contributed by atoms with Gasteiger partial charge in [-0.2, -0.15) is 4.31 Å². The fourth-order valence-corrected chi connectivity index (χ4v) is 8.20. The van der Waals surface area contributed by atoms with Crippen LogP contribution in [0, 0.1) is 17.0 Å². The van der Waals surface area contributed by atoms with E-state index in [1.807, 2.05) is 23.1 Å². The molecule has 42 heavy (non-hydrogen) atoms. The summed E-state index contributed by atoms with van der Waals surface area (Å²) in [5.74, 6) is -2.29. The summed E-state index contributed by atoms with van der Waals surface area (Å²) in [5.41, 5.74) is 2.77. The fourth-order valence-electron chi connectivity index (χ4n) is 6.49. The Morgan fingerprint density at radius 1 is 0.952 bits per heavy atom. The standard InChI is InChI=1S/C31H30ClF2N3O4S/c32-25-4-2-1-3-23(25)29(38)35-27-9-7-20-5-6-21(17-24(20)27)30(39)36-14-11-31(19-36)12-15-37(16-13-31)42(40,41)28-10-8-22(33)18-26(28)34/h1-6,8,10,17-18,27H,7,9,11-16,19H2,(H,35,38). The van der Waals surface area contributed by atoms with Crippen LogP contribution < -0.4 is 5.32 Å². The molecule has 2 amide bonds. The summed E-state index contributed by atoms with van der Waals surface area (Å²) in [6.45, 7) is 1.47. The molecule has 2 aliphatic heterocycles. The number of nitrogens with zero attached hydrogens (tertiary/aromatic N) is 2. The predicted molar refractivity (Wildman–Crippen MR) is 154 cm³/mol. The second-order valence-corrected chi connectivity index (χ2v) is 13.7. The lowest BCUT2D eigenvalue weighted by atomic mass is 9.78.